The second-order valence-corrected chi connectivity index (χ2v) is 2.45. The second-order valence-electron chi connectivity index (χ2n) is 2.45. The summed E-state index contributed by atoms with van der Waals surface area (Å²) in [4.78, 5) is 2.45. The second kappa shape index (κ2) is 14.4. The first-order chi connectivity index (χ1) is 6.43. The van der Waals surface area contributed by atoms with E-state index in [1.165, 1.54) is 13.0 Å². The molecule has 0 aromatic rings. The van der Waals surface area contributed by atoms with Gasteiger partial charge in [0.25, 0.3) is 0 Å². The molecular weight excluding hydrogens is 162 g/mol. The highest BCUT2D eigenvalue weighted by atomic mass is 16.5. The van der Waals surface area contributed by atoms with E-state index in [-0.39, 0.29) is 0 Å². The zero-order valence-corrected chi connectivity index (χ0v) is 10.1. The van der Waals surface area contributed by atoms with E-state index in [0.717, 1.165) is 26.3 Å². The molecule has 0 unspecified atom stereocenters. The average Bonchev–Trinajstić information content (AvgIpc) is 2.26. The van der Waals surface area contributed by atoms with Gasteiger partial charge in [-0.3, -0.25) is 4.90 Å². The molecule has 0 N–H and O–H groups in total. The normalized spacial score (nSPS) is 16.4. The van der Waals surface area contributed by atoms with E-state index >= 15 is 0 Å². The Kier molecular flexibility index (Phi) is 17.1. The van der Waals surface area contributed by atoms with Crippen LogP contribution in [0.3, 0.4) is 0 Å². The van der Waals surface area contributed by atoms with Gasteiger partial charge >= 0.3 is 0 Å². The molecule has 0 saturated carbocycles. The maximum Gasteiger partial charge on any atom is 0.0594 e. The Balaban J connectivity index is 0. The lowest BCUT2D eigenvalue weighted by Gasteiger charge is -2.25. The van der Waals surface area contributed by atoms with Crippen molar-refractivity contribution in [3.63, 3.8) is 0 Å². The highest BCUT2D eigenvalue weighted by Gasteiger charge is 2.07. The monoisotopic (exact) mass is 189 g/mol. The number of hydrogen-bond acceptors (Lipinski definition) is 2. The van der Waals surface area contributed by atoms with Gasteiger partial charge in [0.05, 0.1) is 13.2 Å². The minimum Gasteiger partial charge on any atom is -0.379 e. The summed E-state index contributed by atoms with van der Waals surface area (Å²) < 4.78 is 5.20. The fraction of sp³-hybridized carbons (Fsp3) is 1.00. The summed E-state index contributed by atoms with van der Waals surface area (Å²) in [6.07, 6.45) is 1.26. The zero-order valence-electron chi connectivity index (χ0n) is 10.1. The summed E-state index contributed by atoms with van der Waals surface area (Å²) in [5, 5.41) is 0. The quantitative estimate of drug-likeness (QED) is 0.662. The van der Waals surface area contributed by atoms with E-state index in [4.69, 9.17) is 4.74 Å². The van der Waals surface area contributed by atoms with Crippen LogP contribution in [0.1, 0.15) is 41.0 Å². The van der Waals surface area contributed by atoms with Gasteiger partial charge in [-0.25, -0.2) is 0 Å². The first kappa shape index (κ1) is 15.4. The maximum absolute atomic E-state index is 5.20. The predicted molar refractivity (Wildman–Crippen MR) is 60.2 cm³/mol. The van der Waals surface area contributed by atoms with Crippen molar-refractivity contribution in [2.75, 3.05) is 32.8 Å². The third-order valence-corrected chi connectivity index (χ3v) is 1.64. The molecule has 1 fully saturated rings. The Morgan fingerprint density at radius 1 is 1.00 bits per heavy atom. The Morgan fingerprint density at radius 3 is 1.85 bits per heavy atom. The van der Waals surface area contributed by atoms with Crippen LogP contribution in [0.25, 0.3) is 0 Å². The summed E-state index contributed by atoms with van der Waals surface area (Å²) in [6, 6.07) is 0. The number of hydrogen-bond donors (Lipinski definition) is 0. The molecule has 0 spiro atoms. The van der Waals surface area contributed by atoms with Crippen LogP contribution in [-0.4, -0.2) is 37.7 Å². The molecule has 1 rings (SSSR count). The maximum atomic E-state index is 5.20. The number of nitrogens with zero attached hydrogens (tertiary/aromatic N) is 1. The molecule has 0 amide bonds. The first-order valence-corrected chi connectivity index (χ1v) is 5.73. The molecule has 13 heavy (non-hydrogen) atoms. The average molecular weight is 189 g/mol. The van der Waals surface area contributed by atoms with Crippen molar-refractivity contribution in [3.05, 3.63) is 0 Å². The van der Waals surface area contributed by atoms with Crippen LogP contribution < -0.4 is 0 Å². The Hall–Kier alpha value is -0.0800. The molecule has 1 saturated heterocycles. The summed E-state index contributed by atoms with van der Waals surface area (Å²) >= 11 is 0. The van der Waals surface area contributed by atoms with E-state index in [2.05, 4.69) is 11.8 Å². The van der Waals surface area contributed by atoms with Crippen molar-refractivity contribution in [1.82, 2.24) is 4.90 Å². The molecule has 2 nitrogen and oxygen atoms in total. The van der Waals surface area contributed by atoms with E-state index in [0.29, 0.717) is 0 Å². The molecular formula is C11H27NO. The van der Waals surface area contributed by atoms with Crippen molar-refractivity contribution in [3.8, 4) is 0 Å². The fourth-order valence-corrected chi connectivity index (χ4v) is 1.14. The molecule has 1 aliphatic rings. The molecule has 1 aliphatic heterocycles. The van der Waals surface area contributed by atoms with Crippen molar-refractivity contribution in [2.45, 2.75) is 41.0 Å². The summed E-state index contributed by atoms with van der Waals surface area (Å²) in [6.45, 7) is 15.6. The lowest BCUT2D eigenvalue weighted by atomic mass is 10.4. The lowest BCUT2D eigenvalue weighted by Crippen LogP contribution is -2.36. The highest BCUT2D eigenvalue weighted by Crippen LogP contribution is 1.96. The molecule has 82 valence electrons. The molecule has 0 radical (unpaired) electrons. The molecule has 0 aromatic carbocycles. The topological polar surface area (TPSA) is 12.5 Å². The minimum absolute atomic E-state index is 0.931. The number of rotatable bonds is 2. The van der Waals surface area contributed by atoms with Gasteiger partial charge in [0.1, 0.15) is 0 Å². The van der Waals surface area contributed by atoms with Gasteiger partial charge in [-0.2, -0.15) is 0 Å². The first-order valence-electron chi connectivity index (χ1n) is 5.73. The van der Waals surface area contributed by atoms with E-state index in [1.807, 2.05) is 27.7 Å². The van der Waals surface area contributed by atoms with Crippen LogP contribution in [0.4, 0.5) is 0 Å². The largest absolute Gasteiger partial charge is 0.379 e. The number of ether oxygens (including phenoxy) is 1. The third-order valence-electron chi connectivity index (χ3n) is 1.64. The number of morpholine rings is 1. The van der Waals surface area contributed by atoms with Crippen molar-refractivity contribution < 1.29 is 4.74 Å². The standard InChI is InChI=1S/C7H15NO.2C2H6/c1-2-3-8-4-6-9-7-5-8;2*1-2/h2-7H2,1H3;2*1-2H3. The van der Waals surface area contributed by atoms with E-state index < -0.39 is 0 Å². The van der Waals surface area contributed by atoms with Crippen LogP contribution >= 0.6 is 0 Å². The van der Waals surface area contributed by atoms with Gasteiger partial charge in [0.2, 0.25) is 0 Å². The molecule has 0 bridgehead atoms. The molecule has 0 aliphatic carbocycles. The zero-order chi connectivity index (χ0) is 10.5. The van der Waals surface area contributed by atoms with Gasteiger partial charge in [-0.15, -0.1) is 0 Å². The molecule has 0 aromatic heterocycles. The van der Waals surface area contributed by atoms with Crippen LogP contribution in [0.15, 0.2) is 0 Å². The predicted octanol–water partition coefficient (Wildman–Crippen LogP) is 2.78. The fourth-order valence-electron chi connectivity index (χ4n) is 1.14. The van der Waals surface area contributed by atoms with Gasteiger partial charge in [-0.05, 0) is 13.0 Å². The Morgan fingerprint density at radius 2 is 1.46 bits per heavy atom. The smallest absolute Gasteiger partial charge is 0.0594 e. The minimum atomic E-state index is 0.931. The van der Waals surface area contributed by atoms with Gasteiger partial charge in [0, 0.05) is 13.1 Å². The van der Waals surface area contributed by atoms with Crippen LogP contribution in [0.5, 0.6) is 0 Å². The van der Waals surface area contributed by atoms with E-state index in [1.54, 1.807) is 0 Å². The molecule has 1 heterocycles. The summed E-state index contributed by atoms with van der Waals surface area (Å²) in [7, 11) is 0. The molecule has 2 heteroatoms. The Bertz CT molecular complexity index is 67.7. The Labute approximate surface area is 84.3 Å². The lowest BCUT2D eigenvalue weighted by molar-refractivity contribution is 0.0380. The highest BCUT2D eigenvalue weighted by molar-refractivity contribution is 4.59. The third kappa shape index (κ3) is 9.84. The van der Waals surface area contributed by atoms with Crippen LogP contribution in [-0.2, 0) is 4.74 Å². The van der Waals surface area contributed by atoms with Crippen molar-refractivity contribution in [2.24, 2.45) is 0 Å². The SMILES string of the molecule is CC.CC.CCCN1CCOCC1. The van der Waals surface area contributed by atoms with Crippen LogP contribution in [0, 0.1) is 0 Å². The van der Waals surface area contributed by atoms with Crippen LogP contribution in [0.2, 0.25) is 0 Å². The summed E-state index contributed by atoms with van der Waals surface area (Å²) in [5.74, 6) is 0. The summed E-state index contributed by atoms with van der Waals surface area (Å²) in [5.41, 5.74) is 0. The van der Waals surface area contributed by atoms with Gasteiger partial charge < -0.3 is 4.74 Å². The van der Waals surface area contributed by atoms with Gasteiger partial charge in [0.15, 0.2) is 0 Å². The van der Waals surface area contributed by atoms with Gasteiger partial charge in [-0.1, -0.05) is 34.6 Å². The van der Waals surface area contributed by atoms with Crippen molar-refractivity contribution in [1.29, 1.82) is 0 Å². The molecule has 0 atom stereocenters. The van der Waals surface area contributed by atoms with E-state index in [9.17, 15) is 0 Å². The van der Waals surface area contributed by atoms with Crippen molar-refractivity contribution >= 4 is 0 Å².